The van der Waals surface area contributed by atoms with Crippen LogP contribution in [-0.4, -0.2) is 46.2 Å². The number of thioether (sulfide) groups is 2. The number of carbonyl (C=O) groups excluding carboxylic acids is 1. The van der Waals surface area contributed by atoms with Crippen LogP contribution in [0.25, 0.3) is 0 Å². The SMILES string of the molecule is CC(C)(O)SCCCSCCC1COC(=O)O1. The van der Waals surface area contributed by atoms with E-state index in [9.17, 15) is 9.90 Å². The van der Waals surface area contributed by atoms with Crippen LogP contribution >= 0.6 is 23.5 Å². The van der Waals surface area contributed by atoms with Gasteiger partial charge in [0.2, 0.25) is 0 Å². The largest absolute Gasteiger partial charge is 0.508 e. The van der Waals surface area contributed by atoms with Crippen LogP contribution in [-0.2, 0) is 9.47 Å². The second-order valence-corrected chi connectivity index (χ2v) is 7.27. The Labute approximate surface area is 111 Å². The Morgan fingerprint density at radius 2 is 2.18 bits per heavy atom. The fourth-order valence-electron chi connectivity index (χ4n) is 1.31. The normalized spacial score (nSPS) is 20.2. The average Bonchev–Trinajstić information content (AvgIpc) is 2.61. The third-order valence-corrected chi connectivity index (χ3v) is 4.42. The van der Waals surface area contributed by atoms with Gasteiger partial charge in [-0.05, 0) is 43.9 Å². The van der Waals surface area contributed by atoms with E-state index in [0.717, 1.165) is 30.1 Å². The number of rotatable bonds is 8. The van der Waals surface area contributed by atoms with E-state index in [1.807, 2.05) is 11.8 Å². The summed E-state index contributed by atoms with van der Waals surface area (Å²) in [7, 11) is 0. The van der Waals surface area contributed by atoms with E-state index in [1.165, 1.54) is 0 Å². The Morgan fingerprint density at radius 1 is 1.41 bits per heavy atom. The molecule has 1 atom stereocenters. The van der Waals surface area contributed by atoms with Crippen molar-refractivity contribution in [3.63, 3.8) is 0 Å². The number of cyclic esters (lactones) is 2. The van der Waals surface area contributed by atoms with Crippen LogP contribution in [0.4, 0.5) is 4.79 Å². The van der Waals surface area contributed by atoms with Gasteiger partial charge in [-0.1, -0.05) is 0 Å². The summed E-state index contributed by atoms with van der Waals surface area (Å²) < 4.78 is 9.62. The van der Waals surface area contributed by atoms with E-state index in [0.29, 0.717) is 6.61 Å². The quantitative estimate of drug-likeness (QED) is 0.419. The first kappa shape index (κ1) is 15.0. The molecule has 1 rings (SSSR count). The molecule has 0 amide bonds. The monoisotopic (exact) mass is 280 g/mol. The molecule has 1 fully saturated rings. The first-order valence-corrected chi connectivity index (χ1v) is 7.89. The van der Waals surface area contributed by atoms with Crippen LogP contribution in [0.2, 0.25) is 0 Å². The standard InChI is InChI=1S/C11H20O4S2/c1-11(2,13)17-6-3-5-16-7-4-9-8-14-10(12)15-9/h9,13H,3-8H2,1-2H3. The molecule has 0 aliphatic carbocycles. The topological polar surface area (TPSA) is 55.8 Å². The molecule has 0 saturated carbocycles. The Bertz CT molecular complexity index is 240. The van der Waals surface area contributed by atoms with Crippen LogP contribution in [0.1, 0.15) is 26.7 Å². The summed E-state index contributed by atoms with van der Waals surface area (Å²) in [5.41, 5.74) is 0. The van der Waals surface area contributed by atoms with Gasteiger partial charge >= 0.3 is 6.16 Å². The van der Waals surface area contributed by atoms with Gasteiger partial charge in [-0.15, -0.1) is 11.8 Å². The molecular weight excluding hydrogens is 260 g/mol. The molecule has 6 heteroatoms. The lowest BCUT2D eigenvalue weighted by molar-refractivity contribution is 0.117. The van der Waals surface area contributed by atoms with Gasteiger partial charge in [0.1, 0.15) is 17.6 Å². The summed E-state index contributed by atoms with van der Waals surface area (Å²) in [6.07, 6.45) is 1.34. The smallest absolute Gasteiger partial charge is 0.430 e. The molecule has 0 radical (unpaired) electrons. The Balaban J connectivity index is 1.86. The van der Waals surface area contributed by atoms with Gasteiger partial charge in [-0.25, -0.2) is 4.79 Å². The molecule has 0 spiro atoms. The lowest BCUT2D eigenvalue weighted by Crippen LogP contribution is -2.13. The van der Waals surface area contributed by atoms with Crippen molar-refractivity contribution in [1.82, 2.24) is 0 Å². The molecule has 1 saturated heterocycles. The van der Waals surface area contributed by atoms with Crippen molar-refractivity contribution >= 4 is 29.7 Å². The van der Waals surface area contributed by atoms with Crippen molar-refractivity contribution in [1.29, 1.82) is 0 Å². The van der Waals surface area contributed by atoms with Crippen molar-refractivity contribution in [2.45, 2.75) is 37.7 Å². The molecular formula is C11H20O4S2. The predicted octanol–water partition coefficient (Wildman–Crippen LogP) is 2.50. The number of ether oxygens (including phenoxy) is 2. The molecule has 1 heterocycles. The second-order valence-electron chi connectivity index (χ2n) is 4.35. The maximum atomic E-state index is 10.6. The van der Waals surface area contributed by atoms with Crippen LogP contribution in [0.15, 0.2) is 0 Å². The molecule has 0 aromatic rings. The molecule has 1 unspecified atom stereocenters. The maximum absolute atomic E-state index is 10.6. The van der Waals surface area contributed by atoms with Crippen LogP contribution in [0.5, 0.6) is 0 Å². The maximum Gasteiger partial charge on any atom is 0.508 e. The Morgan fingerprint density at radius 3 is 2.76 bits per heavy atom. The van der Waals surface area contributed by atoms with E-state index in [2.05, 4.69) is 0 Å². The van der Waals surface area contributed by atoms with Gasteiger partial charge in [0.15, 0.2) is 0 Å². The Hall–Kier alpha value is -0.0700. The molecule has 17 heavy (non-hydrogen) atoms. The summed E-state index contributed by atoms with van der Waals surface area (Å²) in [5.74, 6) is 3.02. The van der Waals surface area contributed by atoms with Gasteiger partial charge in [0.05, 0.1) is 0 Å². The fraction of sp³-hybridized carbons (Fsp3) is 0.909. The molecule has 100 valence electrons. The third kappa shape index (κ3) is 7.78. The van der Waals surface area contributed by atoms with Crippen molar-refractivity contribution < 1.29 is 19.4 Å². The van der Waals surface area contributed by atoms with Gasteiger partial charge in [0.25, 0.3) is 0 Å². The fourth-order valence-corrected chi connectivity index (χ4v) is 3.26. The first-order valence-electron chi connectivity index (χ1n) is 5.75. The Kier molecular flexibility index (Phi) is 6.51. The van der Waals surface area contributed by atoms with Crippen molar-refractivity contribution in [2.24, 2.45) is 0 Å². The highest BCUT2D eigenvalue weighted by Gasteiger charge is 2.24. The van der Waals surface area contributed by atoms with Crippen LogP contribution in [0, 0.1) is 0 Å². The molecule has 1 aliphatic rings. The number of carbonyl (C=O) groups is 1. The highest BCUT2D eigenvalue weighted by Crippen LogP contribution is 2.22. The van der Waals surface area contributed by atoms with Gasteiger partial charge in [0, 0.05) is 0 Å². The van der Waals surface area contributed by atoms with Crippen molar-refractivity contribution in [2.75, 3.05) is 23.9 Å². The van der Waals surface area contributed by atoms with Crippen LogP contribution < -0.4 is 0 Å². The predicted molar refractivity (Wildman–Crippen MR) is 71.5 cm³/mol. The van der Waals surface area contributed by atoms with Crippen molar-refractivity contribution in [3.8, 4) is 0 Å². The lowest BCUT2D eigenvalue weighted by atomic mass is 10.3. The molecule has 0 aromatic carbocycles. The van der Waals surface area contributed by atoms with Crippen molar-refractivity contribution in [3.05, 3.63) is 0 Å². The summed E-state index contributed by atoms with van der Waals surface area (Å²) >= 11 is 3.42. The van der Waals surface area contributed by atoms with Gasteiger partial charge in [-0.2, -0.15) is 11.8 Å². The molecule has 1 aliphatic heterocycles. The third-order valence-electron chi connectivity index (χ3n) is 2.12. The number of hydrogen-bond donors (Lipinski definition) is 1. The van der Waals surface area contributed by atoms with E-state index < -0.39 is 11.1 Å². The summed E-state index contributed by atoms with van der Waals surface area (Å²) in [4.78, 5) is 10.0. The zero-order valence-corrected chi connectivity index (χ0v) is 11.9. The summed E-state index contributed by atoms with van der Waals surface area (Å²) in [5, 5.41) is 9.48. The molecule has 0 aromatic heterocycles. The second kappa shape index (κ2) is 7.38. The van der Waals surface area contributed by atoms with E-state index in [4.69, 9.17) is 9.47 Å². The molecule has 4 nitrogen and oxygen atoms in total. The minimum absolute atomic E-state index is 0.0549. The van der Waals surface area contributed by atoms with E-state index >= 15 is 0 Å². The number of aliphatic hydroxyl groups is 1. The van der Waals surface area contributed by atoms with Gasteiger partial charge < -0.3 is 14.6 Å². The zero-order chi connectivity index (χ0) is 12.7. The minimum Gasteiger partial charge on any atom is -0.430 e. The zero-order valence-electron chi connectivity index (χ0n) is 10.3. The average molecular weight is 280 g/mol. The van der Waals surface area contributed by atoms with Crippen LogP contribution in [0.3, 0.4) is 0 Å². The highest BCUT2D eigenvalue weighted by molar-refractivity contribution is 8.00. The number of hydrogen-bond acceptors (Lipinski definition) is 6. The summed E-state index contributed by atoms with van der Waals surface area (Å²) in [6, 6.07) is 0. The van der Waals surface area contributed by atoms with E-state index in [1.54, 1.807) is 25.6 Å². The highest BCUT2D eigenvalue weighted by atomic mass is 32.2. The first-order chi connectivity index (χ1) is 7.97. The minimum atomic E-state index is -0.625. The summed E-state index contributed by atoms with van der Waals surface area (Å²) in [6.45, 7) is 4.01. The molecule has 0 bridgehead atoms. The van der Waals surface area contributed by atoms with Gasteiger partial charge in [-0.3, -0.25) is 0 Å². The van der Waals surface area contributed by atoms with E-state index in [-0.39, 0.29) is 6.10 Å². The lowest BCUT2D eigenvalue weighted by Gasteiger charge is -2.15. The molecule has 1 N–H and O–H groups in total.